The Morgan fingerprint density at radius 1 is 1.02 bits per heavy atom. The van der Waals surface area contributed by atoms with E-state index in [0.717, 1.165) is 52.6 Å². The summed E-state index contributed by atoms with van der Waals surface area (Å²) in [5, 5.41) is 0. The average Bonchev–Trinajstić information content (AvgIpc) is 3.34. The molecule has 5 rings (SSSR count). The highest BCUT2D eigenvalue weighted by molar-refractivity contribution is 5.81. The second kappa shape index (κ2) is 11.7. The maximum Gasteiger partial charge on any atom is 0.410 e. The molecule has 3 aromatic heterocycles. The van der Waals surface area contributed by atoms with Crippen LogP contribution in [0.3, 0.4) is 0 Å². The maximum atomic E-state index is 12.4. The van der Waals surface area contributed by atoms with Crippen molar-refractivity contribution in [1.82, 2.24) is 34.7 Å². The fourth-order valence-electron chi connectivity index (χ4n) is 4.94. The van der Waals surface area contributed by atoms with E-state index in [2.05, 4.69) is 50.0 Å². The second-order valence-electron chi connectivity index (χ2n) is 11.2. The number of ether oxygens (including phenoxy) is 2. The number of H-pyrrole nitrogens is 1. The first-order valence-corrected chi connectivity index (χ1v) is 13.6. The molecule has 1 aromatic carbocycles. The minimum atomic E-state index is -0.484. The number of benzene rings is 1. The van der Waals surface area contributed by atoms with Crippen LogP contribution in [0.15, 0.2) is 48.9 Å². The lowest BCUT2D eigenvalue weighted by Crippen LogP contribution is -2.50. The number of nitrogens with zero attached hydrogens (tertiary/aromatic N) is 6. The zero-order chi connectivity index (χ0) is 28.3. The summed E-state index contributed by atoms with van der Waals surface area (Å²) in [4.78, 5) is 38.2. The molecule has 1 amide bonds. The number of carbonyl (C=O) groups excluding carboxylic acids is 1. The predicted molar refractivity (Wildman–Crippen MR) is 153 cm³/mol. The molecule has 1 N–H and O–H groups in total. The first kappa shape index (κ1) is 27.7. The van der Waals surface area contributed by atoms with Crippen molar-refractivity contribution >= 4 is 17.1 Å². The quantitative estimate of drug-likeness (QED) is 0.355. The van der Waals surface area contributed by atoms with Gasteiger partial charge < -0.3 is 19.4 Å². The van der Waals surface area contributed by atoms with Gasteiger partial charge in [-0.25, -0.2) is 19.7 Å². The molecule has 0 saturated carbocycles. The molecule has 1 saturated heterocycles. The molecule has 0 bridgehead atoms. The van der Waals surface area contributed by atoms with Crippen LogP contribution in [0.2, 0.25) is 0 Å². The van der Waals surface area contributed by atoms with Gasteiger partial charge in [-0.3, -0.25) is 9.88 Å². The molecule has 1 aliphatic rings. The van der Waals surface area contributed by atoms with Crippen molar-refractivity contribution < 1.29 is 14.3 Å². The summed E-state index contributed by atoms with van der Waals surface area (Å²) in [6, 6.07) is 12.5. The Balaban J connectivity index is 1.24. The number of aromatic nitrogens is 5. The number of rotatable bonds is 7. The zero-order valence-electron chi connectivity index (χ0n) is 23.8. The first-order valence-electron chi connectivity index (χ1n) is 13.6. The van der Waals surface area contributed by atoms with Crippen molar-refractivity contribution in [3.8, 4) is 11.3 Å². The Morgan fingerprint density at radius 3 is 2.58 bits per heavy atom. The molecule has 1 aliphatic heterocycles. The van der Waals surface area contributed by atoms with Crippen LogP contribution in [0.1, 0.15) is 56.5 Å². The van der Waals surface area contributed by atoms with Crippen molar-refractivity contribution in [2.75, 3.05) is 33.3 Å². The fourth-order valence-corrected chi connectivity index (χ4v) is 4.94. The van der Waals surface area contributed by atoms with Crippen LogP contribution < -0.4 is 0 Å². The Morgan fingerprint density at radius 2 is 1.82 bits per heavy atom. The molecule has 10 nitrogen and oxygen atoms in total. The van der Waals surface area contributed by atoms with Crippen LogP contribution in [0, 0.1) is 0 Å². The molecule has 0 aliphatic carbocycles. The van der Waals surface area contributed by atoms with Gasteiger partial charge in [0.1, 0.15) is 17.8 Å². The van der Waals surface area contributed by atoms with E-state index in [0.29, 0.717) is 26.1 Å². The lowest BCUT2D eigenvalue weighted by Gasteiger charge is -2.38. The molecular formula is C30H37N7O3. The van der Waals surface area contributed by atoms with Crippen LogP contribution in [0.4, 0.5) is 4.79 Å². The molecule has 0 spiro atoms. The zero-order valence-corrected chi connectivity index (χ0v) is 23.8. The predicted octanol–water partition coefficient (Wildman–Crippen LogP) is 4.77. The van der Waals surface area contributed by atoms with Crippen LogP contribution >= 0.6 is 0 Å². The van der Waals surface area contributed by atoms with Gasteiger partial charge in [0.05, 0.1) is 29.0 Å². The van der Waals surface area contributed by atoms with E-state index < -0.39 is 5.60 Å². The van der Waals surface area contributed by atoms with E-state index in [9.17, 15) is 4.79 Å². The summed E-state index contributed by atoms with van der Waals surface area (Å²) in [5.41, 5.74) is 6.19. The number of carbonyl (C=O) groups is 1. The van der Waals surface area contributed by atoms with Crippen molar-refractivity contribution in [3.63, 3.8) is 0 Å². The van der Waals surface area contributed by atoms with E-state index in [4.69, 9.17) is 14.5 Å². The second-order valence-corrected chi connectivity index (χ2v) is 11.2. The number of aromatic amines is 1. The van der Waals surface area contributed by atoms with Crippen LogP contribution in [0.25, 0.3) is 22.3 Å². The Bertz CT molecular complexity index is 1470. The minimum absolute atomic E-state index is 0.205. The van der Waals surface area contributed by atoms with E-state index in [-0.39, 0.29) is 12.1 Å². The minimum Gasteiger partial charge on any atom is -0.444 e. The number of hydrogen-bond donors (Lipinski definition) is 1. The molecule has 1 atom stereocenters. The summed E-state index contributed by atoms with van der Waals surface area (Å²) >= 11 is 0. The molecular weight excluding hydrogens is 506 g/mol. The molecule has 4 heterocycles. The van der Waals surface area contributed by atoms with E-state index in [1.807, 2.05) is 45.2 Å². The largest absolute Gasteiger partial charge is 0.444 e. The molecule has 4 aromatic rings. The van der Waals surface area contributed by atoms with Crippen LogP contribution in [-0.4, -0.2) is 79.7 Å². The number of nitrogens with one attached hydrogen (secondary N) is 1. The monoisotopic (exact) mass is 543 g/mol. The lowest BCUT2D eigenvalue weighted by molar-refractivity contribution is 0.0110. The SMILES string of the molecule is COCc1cc(-c2ccc3nc(Cc4cc(C(C)N5CCN(C(=O)OC(C)(C)C)CC5)ccn4)[nH]c3c2)ncn1. The summed E-state index contributed by atoms with van der Waals surface area (Å²) in [6.45, 7) is 11.2. The number of imidazole rings is 1. The highest BCUT2D eigenvalue weighted by Crippen LogP contribution is 2.25. The standard InChI is InChI=1S/C30H37N7O3/c1-20(36-10-12-37(13-11-36)29(38)40-30(2,3)4)21-8-9-31-23(14-21)17-28-34-25-7-6-22(15-27(25)35-28)26-16-24(18-39-5)32-19-33-26/h6-9,14-16,19-20H,10-13,17-18H2,1-5H3,(H,34,35). The van der Waals surface area contributed by atoms with Gasteiger partial charge in [-0.2, -0.15) is 0 Å². The number of fused-ring (bicyclic) bond motifs is 1. The molecule has 0 radical (unpaired) electrons. The molecule has 210 valence electrons. The van der Waals surface area contributed by atoms with Gasteiger partial charge >= 0.3 is 6.09 Å². The number of hydrogen-bond acceptors (Lipinski definition) is 8. The normalized spacial score (nSPS) is 15.4. The number of piperazine rings is 1. The van der Waals surface area contributed by atoms with E-state index >= 15 is 0 Å². The van der Waals surface area contributed by atoms with Gasteiger partial charge in [0.15, 0.2) is 0 Å². The van der Waals surface area contributed by atoms with Crippen molar-refractivity contribution in [1.29, 1.82) is 0 Å². The topological polar surface area (TPSA) is 109 Å². The average molecular weight is 544 g/mol. The van der Waals surface area contributed by atoms with Crippen LogP contribution in [0.5, 0.6) is 0 Å². The van der Waals surface area contributed by atoms with Crippen molar-refractivity contribution in [3.05, 3.63) is 71.7 Å². The summed E-state index contributed by atoms with van der Waals surface area (Å²) in [5.74, 6) is 0.859. The maximum absolute atomic E-state index is 12.4. The third-order valence-electron chi connectivity index (χ3n) is 7.03. The fraction of sp³-hybridized carbons (Fsp3) is 0.433. The van der Waals surface area contributed by atoms with Gasteiger partial charge in [0.25, 0.3) is 0 Å². The lowest BCUT2D eigenvalue weighted by atomic mass is 10.1. The highest BCUT2D eigenvalue weighted by atomic mass is 16.6. The summed E-state index contributed by atoms with van der Waals surface area (Å²) in [7, 11) is 1.65. The van der Waals surface area contributed by atoms with Crippen molar-refractivity contribution in [2.45, 2.75) is 52.4 Å². The smallest absolute Gasteiger partial charge is 0.410 e. The highest BCUT2D eigenvalue weighted by Gasteiger charge is 2.28. The van der Waals surface area contributed by atoms with Gasteiger partial charge in [0.2, 0.25) is 0 Å². The third kappa shape index (κ3) is 6.63. The van der Waals surface area contributed by atoms with Gasteiger partial charge in [-0.15, -0.1) is 0 Å². The van der Waals surface area contributed by atoms with E-state index in [1.165, 1.54) is 5.56 Å². The Hall–Kier alpha value is -3.89. The molecule has 1 fully saturated rings. The molecule has 40 heavy (non-hydrogen) atoms. The van der Waals surface area contributed by atoms with Gasteiger partial charge in [-0.1, -0.05) is 6.07 Å². The number of amides is 1. The van der Waals surface area contributed by atoms with Gasteiger partial charge in [0, 0.05) is 63.2 Å². The summed E-state index contributed by atoms with van der Waals surface area (Å²) in [6.07, 6.45) is 3.79. The Labute approximate surface area is 234 Å². The summed E-state index contributed by atoms with van der Waals surface area (Å²) < 4.78 is 10.7. The number of methoxy groups -OCH3 is 1. The van der Waals surface area contributed by atoms with E-state index in [1.54, 1.807) is 18.3 Å². The third-order valence-corrected chi connectivity index (χ3v) is 7.03. The molecule has 1 unspecified atom stereocenters. The van der Waals surface area contributed by atoms with Crippen LogP contribution in [-0.2, 0) is 22.5 Å². The first-order chi connectivity index (χ1) is 19.2. The Kier molecular flexibility index (Phi) is 8.09. The van der Waals surface area contributed by atoms with Crippen molar-refractivity contribution in [2.24, 2.45) is 0 Å². The number of pyridine rings is 1. The molecule has 10 heteroatoms. The van der Waals surface area contributed by atoms with Gasteiger partial charge in [-0.05, 0) is 63.6 Å².